The van der Waals surface area contributed by atoms with E-state index in [4.69, 9.17) is 0 Å². The molecule has 0 saturated carbocycles. The molecule has 0 atom stereocenters. The van der Waals surface area contributed by atoms with Gasteiger partial charge in [0.1, 0.15) is 5.52 Å². The number of fused-ring (bicyclic) bond motifs is 1. The van der Waals surface area contributed by atoms with Crippen LogP contribution in [0.3, 0.4) is 0 Å². The van der Waals surface area contributed by atoms with E-state index >= 15 is 0 Å². The fraction of sp³-hybridized carbons (Fsp3) is 0.136. The second kappa shape index (κ2) is 7.03. The number of aryl methyl sites for hydroxylation is 2. The number of anilines is 1. The summed E-state index contributed by atoms with van der Waals surface area (Å²) < 4.78 is 1.84. The second-order valence-electron chi connectivity index (χ2n) is 6.71. The van der Waals surface area contributed by atoms with Crippen molar-refractivity contribution >= 4 is 22.6 Å². The van der Waals surface area contributed by atoms with Crippen molar-refractivity contribution in [2.75, 3.05) is 5.32 Å². The number of nitrogens with one attached hydrogen (secondary N) is 1. The Labute approximate surface area is 157 Å². The van der Waals surface area contributed by atoms with E-state index in [9.17, 15) is 4.79 Å². The van der Waals surface area contributed by atoms with Crippen LogP contribution in [0.1, 0.15) is 27.0 Å². The molecule has 0 aliphatic heterocycles. The highest BCUT2D eigenvalue weighted by Crippen LogP contribution is 2.19. The summed E-state index contributed by atoms with van der Waals surface area (Å²) in [6, 6.07) is 21.6. The molecule has 1 heterocycles. The number of aromatic nitrogens is 3. The number of hydrogen-bond acceptors (Lipinski definition) is 3. The molecule has 4 aromatic rings. The van der Waals surface area contributed by atoms with Crippen LogP contribution in [0.5, 0.6) is 0 Å². The molecule has 1 amide bonds. The van der Waals surface area contributed by atoms with Crippen LogP contribution in [-0.2, 0) is 6.54 Å². The quantitative estimate of drug-likeness (QED) is 0.591. The average Bonchev–Trinajstić information content (AvgIpc) is 3.07. The van der Waals surface area contributed by atoms with Crippen molar-refractivity contribution < 1.29 is 4.79 Å². The number of nitrogens with zero attached hydrogens (tertiary/aromatic N) is 3. The molecule has 0 radical (unpaired) electrons. The lowest BCUT2D eigenvalue weighted by molar-refractivity contribution is 0.102. The highest BCUT2D eigenvalue weighted by molar-refractivity contribution is 6.06. The van der Waals surface area contributed by atoms with Crippen molar-refractivity contribution in [1.29, 1.82) is 0 Å². The zero-order valence-corrected chi connectivity index (χ0v) is 15.3. The van der Waals surface area contributed by atoms with Gasteiger partial charge in [-0.05, 0) is 54.8 Å². The van der Waals surface area contributed by atoms with Crippen molar-refractivity contribution in [2.45, 2.75) is 20.4 Å². The van der Waals surface area contributed by atoms with Gasteiger partial charge in [0, 0.05) is 11.3 Å². The van der Waals surface area contributed by atoms with Crippen LogP contribution in [0.4, 0.5) is 5.69 Å². The van der Waals surface area contributed by atoms with Crippen molar-refractivity contribution in [3.8, 4) is 0 Å². The molecule has 0 saturated heterocycles. The highest BCUT2D eigenvalue weighted by Gasteiger charge is 2.12. The first-order valence-electron chi connectivity index (χ1n) is 8.86. The maximum Gasteiger partial charge on any atom is 0.255 e. The maximum absolute atomic E-state index is 12.7. The minimum absolute atomic E-state index is 0.150. The molecule has 0 aliphatic carbocycles. The molecule has 27 heavy (non-hydrogen) atoms. The van der Waals surface area contributed by atoms with E-state index in [0.29, 0.717) is 17.6 Å². The topological polar surface area (TPSA) is 59.8 Å². The summed E-state index contributed by atoms with van der Waals surface area (Å²) in [5, 5.41) is 11.4. The lowest BCUT2D eigenvalue weighted by Gasteiger charge is -2.09. The fourth-order valence-electron chi connectivity index (χ4n) is 3.05. The monoisotopic (exact) mass is 356 g/mol. The standard InChI is InChI=1S/C22H20N4O/c1-15-8-9-16(2)19(12-15)23-22(27)18-10-11-21-20(13-18)24-25-26(21)14-17-6-4-3-5-7-17/h3-13H,14H2,1-2H3,(H,23,27). The van der Waals surface area contributed by atoms with Crippen LogP contribution in [0.25, 0.3) is 11.0 Å². The molecule has 1 N–H and O–H groups in total. The molecule has 0 bridgehead atoms. The third-order valence-corrected chi connectivity index (χ3v) is 4.59. The molecule has 4 rings (SSSR count). The van der Waals surface area contributed by atoms with E-state index in [1.54, 1.807) is 6.07 Å². The summed E-state index contributed by atoms with van der Waals surface area (Å²) in [6.07, 6.45) is 0. The average molecular weight is 356 g/mol. The van der Waals surface area contributed by atoms with Crippen molar-refractivity contribution in [1.82, 2.24) is 15.0 Å². The number of benzene rings is 3. The van der Waals surface area contributed by atoms with Gasteiger partial charge in [0.15, 0.2) is 0 Å². The Kier molecular flexibility index (Phi) is 4.42. The Morgan fingerprint density at radius 2 is 1.81 bits per heavy atom. The first-order valence-corrected chi connectivity index (χ1v) is 8.86. The summed E-state index contributed by atoms with van der Waals surface area (Å²) in [7, 11) is 0. The number of carbonyl (C=O) groups is 1. The van der Waals surface area contributed by atoms with E-state index in [1.165, 1.54) is 0 Å². The van der Waals surface area contributed by atoms with E-state index in [0.717, 1.165) is 27.9 Å². The molecular formula is C22H20N4O. The summed E-state index contributed by atoms with van der Waals surface area (Å²) in [4.78, 5) is 12.7. The van der Waals surface area contributed by atoms with Gasteiger partial charge in [-0.2, -0.15) is 0 Å². The Hall–Kier alpha value is -3.47. The zero-order chi connectivity index (χ0) is 18.8. The number of hydrogen-bond donors (Lipinski definition) is 1. The molecule has 5 heteroatoms. The number of amides is 1. The molecule has 134 valence electrons. The van der Waals surface area contributed by atoms with Crippen LogP contribution < -0.4 is 5.32 Å². The van der Waals surface area contributed by atoms with Crippen LogP contribution >= 0.6 is 0 Å². The van der Waals surface area contributed by atoms with Crippen molar-refractivity contribution in [2.24, 2.45) is 0 Å². The summed E-state index contributed by atoms with van der Waals surface area (Å²) in [5.74, 6) is -0.150. The smallest absolute Gasteiger partial charge is 0.255 e. The van der Waals surface area contributed by atoms with Crippen LogP contribution in [0.2, 0.25) is 0 Å². The van der Waals surface area contributed by atoms with E-state index in [2.05, 4.69) is 27.8 Å². The third-order valence-electron chi connectivity index (χ3n) is 4.59. The van der Waals surface area contributed by atoms with Crippen LogP contribution in [0, 0.1) is 13.8 Å². The largest absolute Gasteiger partial charge is 0.322 e. The molecule has 1 aromatic heterocycles. The Bertz CT molecular complexity index is 1120. The summed E-state index contributed by atoms with van der Waals surface area (Å²) >= 11 is 0. The Morgan fingerprint density at radius 3 is 2.63 bits per heavy atom. The van der Waals surface area contributed by atoms with Gasteiger partial charge in [0.25, 0.3) is 5.91 Å². The van der Waals surface area contributed by atoms with E-state index in [-0.39, 0.29) is 5.91 Å². The minimum Gasteiger partial charge on any atom is -0.322 e. The van der Waals surface area contributed by atoms with Gasteiger partial charge in [-0.15, -0.1) is 5.10 Å². The zero-order valence-electron chi connectivity index (χ0n) is 15.3. The molecule has 5 nitrogen and oxygen atoms in total. The molecule has 0 aliphatic rings. The van der Waals surface area contributed by atoms with Gasteiger partial charge in [-0.25, -0.2) is 4.68 Å². The van der Waals surface area contributed by atoms with Crippen LogP contribution in [0.15, 0.2) is 66.7 Å². The number of rotatable bonds is 4. The predicted octanol–water partition coefficient (Wildman–Crippen LogP) is 4.35. The van der Waals surface area contributed by atoms with E-state index in [1.807, 2.05) is 67.1 Å². The van der Waals surface area contributed by atoms with Gasteiger partial charge in [0.05, 0.1) is 12.1 Å². The summed E-state index contributed by atoms with van der Waals surface area (Å²) in [5.41, 5.74) is 6.30. The third kappa shape index (κ3) is 3.58. The van der Waals surface area contributed by atoms with Gasteiger partial charge in [-0.3, -0.25) is 4.79 Å². The highest BCUT2D eigenvalue weighted by atomic mass is 16.1. The van der Waals surface area contributed by atoms with Crippen LogP contribution in [-0.4, -0.2) is 20.9 Å². The van der Waals surface area contributed by atoms with Gasteiger partial charge < -0.3 is 5.32 Å². The maximum atomic E-state index is 12.7. The SMILES string of the molecule is Cc1ccc(C)c(NC(=O)c2ccc3c(c2)nnn3Cc2ccccc2)c1. The molecule has 0 unspecified atom stereocenters. The second-order valence-corrected chi connectivity index (χ2v) is 6.71. The molecule has 3 aromatic carbocycles. The summed E-state index contributed by atoms with van der Waals surface area (Å²) in [6.45, 7) is 4.63. The minimum atomic E-state index is -0.150. The van der Waals surface area contributed by atoms with Gasteiger partial charge in [0.2, 0.25) is 0 Å². The van der Waals surface area contributed by atoms with Gasteiger partial charge >= 0.3 is 0 Å². The first kappa shape index (κ1) is 17.0. The van der Waals surface area contributed by atoms with E-state index < -0.39 is 0 Å². The Balaban J connectivity index is 1.58. The fourth-order valence-corrected chi connectivity index (χ4v) is 3.05. The number of carbonyl (C=O) groups excluding carboxylic acids is 1. The molecular weight excluding hydrogens is 336 g/mol. The molecule has 0 fully saturated rings. The lowest BCUT2D eigenvalue weighted by atomic mass is 10.1. The lowest BCUT2D eigenvalue weighted by Crippen LogP contribution is -2.13. The first-order chi connectivity index (χ1) is 13.1. The van der Waals surface area contributed by atoms with Crippen molar-refractivity contribution in [3.05, 3.63) is 89.0 Å². The van der Waals surface area contributed by atoms with Crippen molar-refractivity contribution in [3.63, 3.8) is 0 Å². The predicted molar refractivity (Wildman–Crippen MR) is 107 cm³/mol. The molecule has 0 spiro atoms. The van der Waals surface area contributed by atoms with Gasteiger partial charge in [-0.1, -0.05) is 47.7 Å². The Morgan fingerprint density at radius 1 is 1.00 bits per heavy atom. The normalized spacial score (nSPS) is 10.9.